The Balaban J connectivity index is 2.12. The summed E-state index contributed by atoms with van der Waals surface area (Å²) in [6.45, 7) is 10.1. The molecule has 3 heteroatoms. The SMILES string of the molecule is CC[C@@H](Oc1cccc(C)c1C)C(=O)Nc1ccc(C)c(C)c1. The van der Waals surface area contributed by atoms with E-state index in [0.29, 0.717) is 6.42 Å². The first-order valence-electron chi connectivity index (χ1n) is 8.03. The van der Waals surface area contributed by atoms with E-state index in [9.17, 15) is 4.79 Å². The van der Waals surface area contributed by atoms with Gasteiger partial charge in [-0.3, -0.25) is 4.79 Å². The van der Waals surface area contributed by atoms with Crippen LogP contribution < -0.4 is 10.1 Å². The highest BCUT2D eigenvalue weighted by molar-refractivity contribution is 5.94. The fraction of sp³-hybridized carbons (Fsp3) is 0.350. The average Bonchev–Trinajstić information content (AvgIpc) is 2.52. The first-order valence-corrected chi connectivity index (χ1v) is 8.03. The number of aryl methyl sites for hydroxylation is 3. The highest BCUT2D eigenvalue weighted by atomic mass is 16.5. The van der Waals surface area contributed by atoms with Gasteiger partial charge in [0.2, 0.25) is 0 Å². The Hall–Kier alpha value is -2.29. The van der Waals surface area contributed by atoms with E-state index in [1.54, 1.807) is 0 Å². The minimum atomic E-state index is -0.503. The van der Waals surface area contributed by atoms with Crippen LogP contribution >= 0.6 is 0 Å². The fourth-order valence-electron chi connectivity index (χ4n) is 2.37. The number of ether oxygens (including phenoxy) is 1. The van der Waals surface area contributed by atoms with Gasteiger partial charge in [0.25, 0.3) is 5.91 Å². The Morgan fingerprint density at radius 3 is 2.43 bits per heavy atom. The predicted octanol–water partition coefficient (Wildman–Crippen LogP) is 4.72. The third kappa shape index (κ3) is 4.13. The molecular weight excluding hydrogens is 286 g/mol. The number of rotatable bonds is 5. The molecule has 2 aromatic carbocycles. The van der Waals surface area contributed by atoms with Crippen LogP contribution in [-0.2, 0) is 4.79 Å². The van der Waals surface area contributed by atoms with E-state index in [4.69, 9.17) is 4.74 Å². The Morgan fingerprint density at radius 1 is 1.04 bits per heavy atom. The molecule has 0 aliphatic carbocycles. The zero-order chi connectivity index (χ0) is 17.0. The molecule has 0 unspecified atom stereocenters. The van der Waals surface area contributed by atoms with E-state index < -0.39 is 6.10 Å². The fourth-order valence-corrected chi connectivity index (χ4v) is 2.37. The number of hydrogen-bond donors (Lipinski definition) is 1. The molecule has 23 heavy (non-hydrogen) atoms. The minimum absolute atomic E-state index is 0.114. The van der Waals surface area contributed by atoms with Crippen LogP contribution in [0.5, 0.6) is 5.75 Å². The third-order valence-electron chi connectivity index (χ3n) is 4.26. The van der Waals surface area contributed by atoms with Crippen molar-refractivity contribution < 1.29 is 9.53 Å². The zero-order valence-corrected chi connectivity index (χ0v) is 14.6. The van der Waals surface area contributed by atoms with Crippen molar-refractivity contribution in [3.63, 3.8) is 0 Å². The average molecular weight is 311 g/mol. The molecule has 0 radical (unpaired) electrons. The lowest BCUT2D eigenvalue weighted by atomic mass is 10.1. The van der Waals surface area contributed by atoms with Crippen molar-refractivity contribution in [3.8, 4) is 5.75 Å². The molecule has 3 nitrogen and oxygen atoms in total. The number of nitrogens with one attached hydrogen (secondary N) is 1. The third-order valence-corrected chi connectivity index (χ3v) is 4.26. The van der Waals surface area contributed by atoms with E-state index in [1.807, 2.05) is 64.1 Å². The molecule has 0 aliphatic heterocycles. The van der Waals surface area contributed by atoms with E-state index in [0.717, 1.165) is 28.1 Å². The van der Waals surface area contributed by atoms with E-state index >= 15 is 0 Å². The molecule has 1 N–H and O–H groups in total. The lowest BCUT2D eigenvalue weighted by Gasteiger charge is -2.19. The first kappa shape index (κ1) is 17.1. The van der Waals surface area contributed by atoms with Crippen LogP contribution in [0.2, 0.25) is 0 Å². The number of carbonyl (C=O) groups is 1. The molecule has 0 aromatic heterocycles. The normalized spacial score (nSPS) is 11.9. The molecule has 0 heterocycles. The van der Waals surface area contributed by atoms with Gasteiger partial charge < -0.3 is 10.1 Å². The highest BCUT2D eigenvalue weighted by Crippen LogP contribution is 2.23. The van der Waals surface area contributed by atoms with Crippen molar-refractivity contribution >= 4 is 11.6 Å². The summed E-state index contributed by atoms with van der Waals surface area (Å²) in [5.74, 6) is 0.656. The number of anilines is 1. The van der Waals surface area contributed by atoms with Crippen molar-refractivity contribution in [1.29, 1.82) is 0 Å². The number of amides is 1. The maximum absolute atomic E-state index is 12.5. The van der Waals surface area contributed by atoms with Crippen LogP contribution in [0.25, 0.3) is 0 Å². The molecular formula is C20H25NO2. The summed E-state index contributed by atoms with van der Waals surface area (Å²) in [5, 5.41) is 2.95. The Labute approximate surface area is 138 Å². The molecule has 122 valence electrons. The Bertz CT molecular complexity index is 707. The second kappa shape index (κ2) is 7.32. The summed E-state index contributed by atoms with van der Waals surface area (Å²) >= 11 is 0. The molecule has 0 fully saturated rings. The summed E-state index contributed by atoms with van der Waals surface area (Å²) in [6.07, 6.45) is 0.112. The van der Waals surface area contributed by atoms with Crippen LogP contribution in [-0.4, -0.2) is 12.0 Å². The smallest absolute Gasteiger partial charge is 0.265 e. The Morgan fingerprint density at radius 2 is 1.78 bits per heavy atom. The zero-order valence-electron chi connectivity index (χ0n) is 14.6. The summed E-state index contributed by atoms with van der Waals surface area (Å²) < 4.78 is 5.95. The van der Waals surface area contributed by atoms with E-state index in [-0.39, 0.29) is 5.91 Å². The minimum Gasteiger partial charge on any atom is -0.480 e. The van der Waals surface area contributed by atoms with Crippen LogP contribution in [0.3, 0.4) is 0 Å². The van der Waals surface area contributed by atoms with Gasteiger partial charge >= 0.3 is 0 Å². The lowest BCUT2D eigenvalue weighted by Crippen LogP contribution is -2.32. The second-order valence-electron chi connectivity index (χ2n) is 6.00. The van der Waals surface area contributed by atoms with Crippen molar-refractivity contribution in [2.45, 2.75) is 47.1 Å². The summed E-state index contributed by atoms with van der Waals surface area (Å²) in [4.78, 5) is 12.5. The van der Waals surface area contributed by atoms with Crippen LogP contribution in [0.1, 0.15) is 35.6 Å². The number of carbonyl (C=O) groups excluding carboxylic acids is 1. The summed E-state index contributed by atoms with van der Waals surface area (Å²) in [6, 6.07) is 11.8. The maximum atomic E-state index is 12.5. The van der Waals surface area contributed by atoms with E-state index in [1.165, 1.54) is 5.56 Å². The van der Waals surface area contributed by atoms with Crippen LogP contribution in [0.15, 0.2) is 36.4 Å². The molecule has 1 atom stereocenters. The van der Waals surface area contributed by atoms with Gasteiger partial charge in [-0.05, 0) is 74.6 Å². The van der Waals surface area contributed by atoms with Gasteiger partial charge in [0.05, 0.1) is 0 Å². The molecule has 1 amide bonds. The van der Waals surface area contributed by atoms with Gasteiger partial charge in [0.1, 0.15) is 5.75 Å². The number of benzene rings is 2. The summed E-state index contributed by atoms with van der Waals surface area (Å²) in [7, 11) is 0. The van der Waals surface area contributed by atoms with Crippen LogP contribution in [0.4, 0.5) is 5.69 Å². The molecule has 2 aromatic rings. The predicted molar refractivity (Wildman–Crippen MR) is 95.2 cm³/mol. The monoisotopic (exact) mass is 311 g/mol. The van der Waals surface area contributed by atoms with Crippen LogP contribution in [0, 0.1) is 27.7 Å². The topological polar surface area (TPSA) is 38.3 Å². The van der Waals surface area contributed by atoms with Gasteiger partial charge in [-0.25, -0.2) is 0 Å². The van der Waals surface area contributed by atoms with Crippen molar-refractivity contribution in [2.24, 2.45) is 0 Å². The van der Waals surface area contributed by atoms with Gasteiger partial charge in [-0.15, -0.1) is 0 Å². The first-order chi connectivity index (χ1) is 10.9. The van der Waals surface area contributed by atoms with E-state index in [2.05, 4.69) is 12.2 Å². The largest absolute Gasteiger partial charge is 0.480 e. The second-order valence-corrected chi connectivity index (χ2v) is 6.00. The molecule has 0 saturated heterocycles. The molecule has 0 spiro atoms. The summed E-state index contributed by atoms with van der Waals surface area (Å²) in [5.41, 5.74) is 5.41. The van der Waals surface area contributed by atoms with Crippen molar-refractivity contribution in [1.82, 2.24) is 0 Å². The lowest BCUT2D eigenvalue weighted by molar-refractivity contribution is -0.122. The van der Waals surface area contributed by atoms with Crippen molar-refractivity contribution in [3.05, 3.63) is 58.7 Å². The standard InChI is InChI=1S/C20H25NO2/c1-6-18(23-19-9-7-8-14(3)16(19)5)20(22)21-17-11-10-13(2)15(4)12-17/h7-12,18H,6H2,1-5H3,(H,21,22)/t18-/m1/s1. The molecule has 0 aliphatic rings. The number of hydrogen-bond acceptors (Lipinski definition) is 2. The van der Waals surface area contributed by atoms with Gasteiger partial charge in [0, 0.05) is 5.69 Å². The van der Waals surface area contributed by atoms with Crippen molar-refractivity contribution in [2.75, 3.05) is 5.32 Å². The highest BCUT2D eigenvalue weighted by Gasteiger charge is 2.19. The molecule has 2 rings (SSSR count). The Kier molecular flexibility index (Phi) is 5.43. The molecule has 0 bridgehead atoms. The maximum Gasteiger partial charge on any atom is 0.265 e. The van der Waals surface area contributed by atoms with Gasteiger partial charge in [-0.1, -0.05) is 25.1 Å². The quantitative estimate of drug-likeness (QED) is 0.868. The van der Waals surface area contributed by atoms with Gasteiger partial charge in [-0.2, -0.15) is 0 Å². The van der Waals surface area contributed by atoms with Gasteiger partial charge in [0.15, 0.2) is 6.10 Å². The molecule has 0 saturated carbocycles.